The van der Waals surface area contributed by atoms with Crippen LogP contribution in [-0.4, -0.2) is 23.1 Å². The van der Waals surface area contributed by atoms with E-state index in [9.17, 15) is 14.4 Å². The van der Waals surface area contributed by atoms with Crippen molar-refractivity contribution in [3.05, 3.63) is 35.9 Å². The first-order chi connectivity index (χ1) is 9.01. The van der Waals surface area contributed by atoms with Gasteiger partial charge in [0.25, 0.3) is 0 Å². The molecule has 1 aromatic carbocycles. The minimum Gasteiger partial charge on any atom is -0.351 e. The molecular weight excluding hydrogens is 252 g/mol. The van der Waals surface area contributed by atoms with Gasteiger partial charge in [-0.1, -0.05) is 30.3 Å². The first-order valence-corrected chi connectivity index (χ1v) is 4.97. The quantitative estimate of drug-likeness (QED) is 0.305. The number of primary amides is 1. The largest absolute Gasteiger partial charge is 0.351 e. The van der Waals surface area contributed by atoms with Crippen LogP contribution in [0.2, 0.25) is 0 Å². The van der Waals surface area contributed by atoms with Crippen LogP contribution >= 0.6 is 0 Å². The molecule has 0 atom stereocenters. The Labute approximate surface area is 108 Å². The number of hydrogen-bond acceptors (Lipinski definition) is 5. The molecule has 0 radical (unpaired) electrons. The number of carbonyl (C=O) groups excluding carboxylic acids is 3. The number of amides is 4. The van der Waals surface area contributed by atoms with E-state index in [-0.39, 0.29) is 0 Å². The Morgan fingerprint density at radius 1 is 1.21 bits per heavy atom. The number of urea groups is 1. The van der Waals surface area contributed by atoms with E-state index in [4.69, 9.17) is 10.5 Å². The summed E-state index contributed by atoms with van der Waals surface area (Å²) in [4.78, 5) is 30.1. The molecule has 0 heterocycles. The smallest absolute Gasteiger partial charge is 0.333 e. The van der Waals surface area contributed by atoms with Gasteiger partial charge < -0.3 is 5.73 Å². The fourth-order valence-electron chi connectivity index (χ4n) is 0.907. The van der Waals surface area contributed by atoms with E-state index in [1.807, 2.05) is 30.3 Å². The van der Waals surface area contributed by atoms with Gasteiger partial charge in [0.15, 0.2) is 0 Å². The van der Waals surface area contributed by atoms with Crippen LogP contribution in [0.3, 0.4) is 0 Å². The lowest BCUT2D eigenvalue weighted by atomic mass is 10.2. The Morgan fingerprint density at radius 3 is 2.21 bits per heavy atom. The molecule has 0 aromatic heterocycles. The van der Waals surface area contributed by atoms with Crippen LogP contribution in [0.5, 0.6) is 0 Å². The van der Waals surface area contributed by atoms with Crippen molar-refractivity contribution in [1.29, 1.82) is 5.26 Å². The number of nitrogens with two attached hydrogens (primary N) is 1. The van der Waals surface area contributed by atoms with E-state index in [0.29, 0.717) is 6.42 Å². The number of hydroxylamine groups is 1. The molecule has 19 heavy (non-hydrogen) atoms. The lowest BCUT2D eigenvalue weighted by Crippen LogP contribution is -2.43. The van der Waals surface area contributed by atoms with Gasteiger partial charge in [0.1, 0.15) is 0 Å². The molecule has 0 fully saturated rings. The molecule has 0 saturated carbocycles. The van der Waals surface area contributed by atoms with E-state index in [1.165, 1.54) is 5.32 Å². The Morgan fingerprint density at radius 2 is 1.79 bits per heavy atom. The maximum atomic E-state index is 10.2. The fraction of sp³-hybridized carbons (Fsp3) is 0.0909. The highest BCUT2D eigenvalue weighted by molar-refractivity contribution is 6.37. The summed E-state index contributed by atoms with van der Waals surface area (Å²) < 4.78 is 0. The summed E-state index contributed by atoms with van der Waals surface area (Å²) in [6.07, 6.45) is 0.515. The molecular formula is C11H12N4O4. The third kappa shape index (κ3) is 7.89. The zero-order valence-corrected chi connectivity index (χ0v) is 9.79. The number of nitrogens with zero attached hydrogens (tertiary/aromatic N) is 1. The summed E-state index contributed by atoms with van der Waals surface area (Å²) in [6.45, 7) is 0. The number of rotatable bonds is 1. The summed E-state index contributed by atoms with van der Waals surface area (Å²) >= 11 is 0. The molecule has 0 spiro atoms. The van der Waals surface area contributed by atoms with Gasteiger partial charge in [-0.25, -0.2) is 10.3 Å². The van der Waals surface area contributed by atoms with Gasteiger partial charge in [-0.3, -0.25) is 20.1 Å². The summed E-state index contributed by atoms with van der Waals surface area (Å²) in [6, 6.07) is 10.6. The van der Waals surface area contributed by atoms with Crippen LogP contribution in [-0.2, 0) is 16.0 Å². The second-order valence-corrected chi connectivity index (χ2v) is 3.08. The molecule has 0 aliphatic heterocycles. The predicted molar refractivity (Wildman–Crippen MR) is 63.4 cm³/mol. The maximum absolute atomic E-state index is 10.2. The molecule has 8 heteroatoms. The standard InChI is InChI=1S/C8H7N.C3H5N3O4/c9-7-6-8-4-2-1-3-5-8;4-3(9)5-1(7)2(8)6-10/h1-5H,6H2;10H,(H,6,8)(H3,4,5,7,9). The van der Waals surface area contributed by atoms with Crippen LogP contribution in [0.1, 0.15) is 5.56 Å². The molecule has 0 aliphatic rings. The van der Waals surface area contributed by atoms with Crippen molar-refractivity contribution >= 4 is 17.8 Å². The zero-order valence-electron chi connectivity index (χ0n) is 9.79. The molecule has 1 rings (SSSR count). The third-order valence-electron chi connectivity index (χ3n) is 1.67. The van der Waals surface area contributed by atoms with E-state index >= 15 is 0 Å². The van der Waals surface area contributed by atoms with Crippen molar-refractivity contribution in [2.45, 2.75) is 6.42 Å². The van der Waals surface area contributed by atoms with Crippen molar-refractivity contribution < 1.29 is 19.6 Å². The number of nitriles is 1. The Balaban J connectivity index is 0.000000342. The molecule has 0 saturated heterocycles. The highest BCUT2D eigenvalue weighted by atomic mass is 16.5. The number of nitrogens with one attached hydrogen (secondary N) is 2. The lowest BCUT2D eigenvalue weighted by molar-refractivity contribution is -0.143. The Kier molecular flexibility index (Phi) is 7.74. The summed E-state index contributed by atoms with van der Waals surface area (Å²) in [7, 11) is 0. The SMILES string of the molecule is N#CCc1ccccc1.NC(=O)NC(=O)C(=O)NO. The summed E-state index contributed by atoms with van der Waals surface area (Å²) in [5, 5.41) is 17.5. The number of carbonyl (C=O) groups is 3. The van der Waals surface area contributed by atoms with Crippen LogP contribution < -0.4 is 16.5 Å². The second kappa shape index (κ2) is 9.15. The van der Waals surface area contributed by atoms with Gasteiger partial charge in [0, 0.05) is 0 Å². The van der Waals surface area contributed by atoms with E-state index in [0.717, 1.165) is 11.0 Å². The highest BCUT2D eigenvalue weighted by Crippen LogP contribution is 1.96. The van der Waals surface area contributed by atoms with Crippen molar-refractivity contribution in [2.75, 3.05) is 0 Å². The van der Waals surface area contributed by atoms with Gasteiger partial charge in [-0.15, -0.1) is 0 Å². The van der Waals surface area contributed by atoms with Crippen LogP contribution in [0.4, 0.5) is 4.79 Å². The molecule has 1 aromatic rings. The molecule has 5 N–H and O–H groups in total. The minimum atomic E-state index is -1.35. The number of benzene rings is 1. The van der Waals surface area contributed by atoms with Crippen molar-refractivity contribution in [3.63, 3.8) is 0 Å². The normalized spacial score (nSPS) is 8.21. The van der Waals surface area contributed by atoms with Crippen LogP contribution in [0.25, 0.3) is 0 Å². The molecule has 0 bridgehead atoms. The molecule has 0 aliphatic carbocycles. The Hall–Kier alpha value is -2.92. The number of imide groups is 1. The van der Waals surface area contributed by atoms with Crippen molar-refractivity contribution in [1.82, 2.24) is 10.8 Å². The van der Waals surface area contributed by atoms with Crippen molar-refractivity contribution in [2.24, 2.45) is 5.73 Å². The number of hydrogen-bond donors (Lipinski definition) is 4. The second-order valence-electron chi connectivity index (χ2n) is 3.08. The van der Waals surface area contributed by atoms with Crippen molar-refractivity contribution in [3.8, 4) is 6.07 Å². The van der Waals surface area contributed by atoms with E-state index in [1.54, 1.807) is 0 Å². The van der Waals surface area contributed by atoms with Gasteiger partial charge in [-0.05, 0) is 5.56 Å². The van der Waals surface area contributed by atoms with E-state index in [2.05, 4.69) is 11.8 Å². The zero-order chi connectivity index (χ0) is 14.7. The van der Waals surface area contributed by atoms with Gasteiger partial charge in [0.2, 0.25) is 0 Å². The molecule has 0 unspecified atom stereocenters. The average molecular weight is 264 g/mol. The topological polar surface area (TPSA) is 145 Å². The first-order valence-electron chi connectivity index (χ1n) is 4.97. The first kappa shape index (κ1) is 16.1. The molecule has 100 valence electrons. The maximum Gasteiger partial charge on any atom is 0.333 e. The third-order valence-corrected chi connectivity index (χ3v) is 1.67. The minimum absolute atomic E-state index is 0.515. The summed E-state index contributed by atoms with van der Waals surface area (Å²) in [5.41, 5.74) is 6.55. The van der Waals surface area contributed by atoms with Crippen LogP contribution in [0.15, 0.2) is 30.3 Å². The summed E-state index contributed by atoms with van der Waals surface area (Å²) in [5.74, 6) is -2.66. The highest BCUT2D eigenvalue weighted by Gasteiger charge is 2.12. The predicted octanol–water partition coefficient (Wildman–Crippen LogP) is -0.561. The fourth-order valence-corrected chi connectivity index (χ4v) is 0.907. The van der Waals surface area contributed by atoms with Gasteiger partial charge in [-0.2, -0.15) is 5.26 Å². The van der Waals surface area contributed by atoms with Gasteiger partial charge in [0.05, 0.1) is 12.5 Å². The van der Waals surface area contributed by atoms with E-state index < -0.39 is 17.8 Å². The average Bonchev–Trinajstić information content (AvgIpc) is 2.39. The van der Waals surface area contributed by atoms with Gasteiger partial charge >= 0.3 is 17.8 Å². The lowest BCUT2D eigenvalue weighted by Gasteiger charge is -1.95. The monoisotopic (exact) mass is 264 g/mol. The molecule has 4 amide bonds. The Bertz CT molecular complexity index is 481. The van der Waals surface area contributed by atoms with Crippen LogP contribution in [0, 0.1) is 11.3 Å². The molecule has 8 nitrogen and oxygen atoms in total.